The van der Waals surface area contributed by atoms with Crippen molar-refractivity contribution in [2.24, 2.45) is 5.73 Å². The van der Waals surface area contributed by atoms with Gasteiger partial charge in [-0.25, -0.2) is 0 Å². The number of nitrogens with one attached hydrogen (secondary N) is 1. The van der Waals surface area contributed by atoms with Crippen molar-refractivity contribution < 1.29 is 5.11 Å². The zero-order valence-corrected chi connectivity index (χ0v) is 8.48. The molecule has 0 saturated carbocycles. The standard InChI is InChI=1S/C11H18N2O/c1-9(14)13-8-11(12)7-10-5-3-2-4-6-10/h2-6,9,11,13-14H,7-8,12H2,1H3. The van der Waals surface area contributed by atoms with Crippen LogP contribution in [0.15, 0.2) is 30.3 Å². The zero-order valence-electron chi connectivity index (χ0n) is 8.48. The van der Waals surface area contributed by atoms with E-state index in [4.69, 9.17) is 10.8 Å². The van der Waals surface area contributed by atoms with Gasteiger partial charge in [0.15, 0.2) is 0 Å². The molecule has 2 unspecified atom stereocenters. The molecule has 78 valence electrons. The fourth-order valence-electron chi connectivity index (χ4n) is 1.31. The lowest BCUT2D eigenvalue weighted by molar-refractivity contribution is 0.154. The molecule has 1 aromatic carbocycles. The first-order valence-corrected chi connectivity index (χ1v) is 4.89. The van der Waals surface area contributed by atoms with Gasteiger partial charge in [-0.3, -0.25) is 5.32 Å². The minimum absolute atomic E-state index is 0.0481. The summed E-state index contributed by atoms with van der Waals surface area (Å²) in [5.41, 5.74) is 7.11. The first-order valence-electron chi connectivity index (χ1n) is 4.89. The molecule has 14 heavy (non-hydrogen) atoms. The fourth-order valence-corrected chi connectivity index (χ4v) is 1.31. The Kier molecular flexibility index (Phi) is 4.59. The smallest absolute Gasteiger partial charge is 0.102 e. The summed E-state index contributed by atoms with van der Waals surface area (Å²) < 4.78 is 0. The molecule has 0 amide bonds. The highest BCUT2D eigenvalue weighted by atomic mass is 16.3. The van der Waals surface area contributed by atoms with Crippen molar-refractivity contribution in [2.75, 3.05) is 6.54 Å². The van der Waals surface area contributed by atoms with Crippen LogP contribution in [0.4, 0.5) is 0 Å². The third-order valence-corrected chi connectivity index (χ3v) is 2.02. The number of aliphatic hydroxyl groups excluding tert-OH is 1. The van der Waals surface area contributed by atoms with E-state index in [1.807, 2.05) is 18.2 Å². The molecule has 4 N–H and O–H groups in total. The Hall–Kier alpha value is -0.900. The van der Waals surface area contributed by atoms with Crippen LogP contribution in [0.25, 0.3) is 0 Å². The van der Waals surface area contributed by atoms with Crippen molar-refractivity contribution >= 4 is 0 Å². The molecule has 1 aromatic rings. The van der Waals surface area contributed by atoms with Crippen LogP contribution in [-0.2, 0) is 6.42 Å². The second kappa shape index (κ2) is 5.75. The van der Waals surface area contributed by atoms with E-state index in [-0.39, 0.29) is 6.04 Å². The van der Waals surface area contributed by atoms with E-state index in [0.717, 1.165) is 6.42 Å². The normalized spacial score (nSPS) is 15.1. The quantitative estimate of drug-likeness (QED) is 0.598. The highest BCUT2D eigenvalue weighted by Crippen LogP contribution is 2.01. The van der Waals surface area contributed by atoms with Crippen LogP contribution in [0.3, 0.4) is 0 Å². The van der Waals surface area contributed by atoms with E-state index in [1.165, 1.54) is 5.56 Å². The maximum Gasteiger partial charge on any atom is 0.102 e. The van der Waals surface area contributed by atoms with E-state index in [0.29, 0.717) is 6.54 Å². The Labute approximate surface area is 84.9 Å². The Morgan fingerprint density at radius 2 is 2.00 bits per heavy atom. The highest BCUT2D eigenvalue weighted by Gasteiger charge is 2.04. The average Bonchev–Trinajstić information content (AvgIpc) is 2.16. The Balaban J connectivity index is 2.30. The van der Waals surface area contributed by atoms with Crippen molar-refractivity contribution in [3.05, 3.63) is 35.9 Å². The molecular formula is C11H18N2O. The summed E-state index contributed by atoms with van der Waals surface area (Å²) in [4.78, 5) is 0. The largest absolute Gasteiger partial charge is 0.379 e. The molecular weight excluding hydrogens is 176 g/mol. The van der Waals surface area contributed by atoms with Crippen LogP contribution >= 0.6 is 0 Å². The van der Waals surface area contributed by atoms with Crippen LogP contribution in [0.5, 0.6) is 0 Å². The molecule has 0 aliphatic heterocycles. The molecule has 0 aliphatic rings. The predicted molar refractivity (Wildman–Crippen MR) is 57.8 cm³/mol. The lowest BCUT2D eigenvalue weighted by Gasteiger charge is -2.14. The van der Waals surface area contributed by atoms with E-state index >= 15 is 0 Å². The Morgan fingerprint density at radius 3 is 2.57 bits per heavy atom. The Bertz CT molecular complexity index is 249. The number of rotatable bonds is 5. The van der Waals surface area contributed by atoms with E-state index in [2.05, 4.69) is 17.4 Å². The van der Waals surface area contributed by atoms with Crippen LogP contribution in [-0.4, -0.2) is 23.9 Å². The molecule has 1 rings (SSSR count). The van der Waals surface area contributed by atoms with Crippen LogP contribution < -0.4 is 11.1 Å². The zero-order chi connectivity index (χ0) is 10.4. The molecule has 0 bridgehead atoms. The summed E-state index contributed by atoms with van der Waals surface area (Å²) in [5.74, 6) is 0. The second-order valence-corrected chi connectivity index (χ2v) is 3.53. The molecule has 2 atom stereocenters. The second-order valence-electron chi connectivity index (χ2n) is 3.53. The summed E-state index contributed by atoms with van der Waals surface area (Å²) in [6, 6.07) is 10.2. The van der Waals surface area contributed by atoms with Gasteiger partial charge in [0.2, 0.25) is 0 Å². The van der Waals surface area contributed by atoms with Gasteiger partial charge in [-0.2, -0.15) is 0 Å². The van der Waals surface area contributed by atoms with Crippen molar-refractivity contribution in [1.29, 1.82) is 0 Å². The van der Waals surface area contributed by atoms with E-state index in [1.54, 1.807) is 6.92 Å². The van der Waals surface area contributed by atoms with E-state index in [9.17, 15) is 0 Å². The SMILES string of the molecule is CC(O)NCC(N)Cc1ccccc1. The summed E-state index contributed by atoms with van der Waals surface area (Å²) >= 11 is 0. The molecule has 3 nitrogen and oxygen atoms in total. The third-order valence-electron chi connectivity index (χ3n) is 2.02. The van der Waals surface area contributed by atoms with Crippen molar-refractivity contribution in [3.8, 4) is 0 Å². The minimum Gasteiger partial charge on any atom is -0.379 e. The van der Waals surface area contributed by atoms with Crippen LogP contribution in [0.1, 0.15) is 12.5 Å². The molecule has 0 spiro atoms. The summed E-state index contributed by atoms with van der Waals surface area (Å²) in [6.07, 6.45) is 0.345. The summed E-state index contributed by atoms with van der Waals surface area (Å²) in [5, 5.41) is 11.9. The molecule has 0 saturated heterocycles. The summed E-state index contributed by atoms with van der Waals surface area (Å²) in [6.45, 7) is 2.32. The fraction of sp³-hybridized carbons (Fsp3) is 0.455. The van der Waals surface area contributed by atoms with Gasteiger partial charge in [-0.15, -0.1) is 0 Å². The Morgan fingerprint density at radius 1 is 1.36 bits per heavy atom. The average molecular weight is 194 g/mol. The topological polar surface area (TPSA) is 58.3 Å². The van der Waals surface area contributed by atoms with Crippen molar-refractivity contribution in [3.63, 3.8) is 0 Å². The van der Waals surface area contributed by atoms with E-state index < -0.39 is 6.23 Å². The number of hydrogen-bond donors (Lipinski definition) is 3. The first kappa shape index (κ1) is 11.2. The maximum absolute atomic E-state index is 9.00. The molecule has 0 fully saturated rings. The van der Waals surface area contributed by atoms with Gasteiger partial charge in [0.1, 0.15) is 6.23 Å². The van der Waals surface area contributed by atoms with Gasteiger partial charge >= 0.3 is 0 Å². The molecule has 0 heterocycles. The lowest BCUT2D eigenvalue weighted by atomic mass is 10.1. The van der Waals surface area contributed by atoms with Gasteiger partial charge in [0.25, 0.3) is 0 Å². The number of nitrogens with two attached hydrogens (primary N) is 1. The van der Waals surface area contributed by atoms with Gasteiger partial charge in [-0.05, 0) is 18.9 Å². The molecule has 3 heteroatoms. The van der Waals surface area contributed by atoms with Gasteiger partial charge < -0.3 is 10.8 Å². The van der Waals surface area contributed by atoms with Crippen LogP contribution in [0, 0.1) is 0 Å². The van der Waals surface area contributed by atoms with Crippen LogP contribution in [0.2, 0.25) is 0 Å². The molecule has 0 radical (unpaired) electrons. The van der Waals surface area contributed by atoms with Gasteiger partial charge in [0, 0.05) is 12.6 Å². The van der Waals surface area contributed by atoms with Gasteiger partial charge in [-0.1, -0.05) is 30.3 Å². The monoisotopic (exact) mass is 194 g/mol. The highest BCUT2D eigenvalue weighted by molar-refractivity contribution is 5.15. The first-order chi connectivity index (χ1) is 6.68. The number of hydrogen-bond acceptors (Lipinski definition) is 3. The van der Waals surface area contributed by atoms with Gasteiger partial charge in [0.05, 0.1) is 0 Å². The maximum atomic E-state index is 9.00. The predicted octanol–water partition coefficient (Wildman–Crippen LogP) is 0.484. The number of benzene rings is 1. The molecule has 0 aromatic heterocycles. The van der Waals surface area contributed by atoms with Crippen molar-refractivity contribution in [2.45, 2.75) is 25.6 Å². The third kappa shape index (κ3) is 4.37. The number of aliphatic hydroxyl groups is 1. The molecule has 0 aliphatic carbocycles. The summed E-state index contributed by atoms with van der Waals surface area (Å²) in [7, 11) is 0. The lowest BCUT2D eigenvalue weighted by Crippen LogP contribution is -2.39. The van der Waals surface area contributed by atoms with Crippen molar-refractivity contribution in [1.82, 2.24) is 5.32 Å². The minimum atomic E-state index is -0.489.